The van der Waals surface area contributed by atoms with Crippen LogP contribution in [0, 0.1) is 11.3 Å². The fourth-order valence-electron chi connectivity index (χ4n) is 1.31. The number of nitriles is 1. The Bertz CT molecular complexity index is 741. The first-order chi connectivity index (χ1) is 9.03. The van der Waals surface area contributed by atoms with E-state index in [0.717, 1.165) is 0 Å². The number of hydrogen-bond acceptors (Lipinski definition) is 5. The third-order valence-electron chi connectivity index (χ3n) is 2.14. The van der Waals surface area contributed by atoms with E-state index in [9.17, 15) is 8.42 Å². The van der Waals surface area contributed by atoms with Gasteiger partial charge < -0.3 is 0 Å². The van der Waals surface area contributed by atoms with Crippen molar-refractivity contribution in [3.05, 3.63) is 47.2 Å². The lowest BCUT2D eigenvalue weighted by Crippen LogP contribution is -2.15. The Morgan fingerprint density at radius 1 is 1.26 bits per heavy atom. The largest absolute Gasteiger partial charge is 0.265 e. The minimum absolute atomic E-state index is 0.0161. The SMILES string of the molecule is N#Cc1ccc(Cl)c(S(=O)(=O)Nc2ncccn2)c1. The third kappa shape index (κ3) is 2.99. The molecule has 1 N–H and O–H groups in total. The molecule has 0 fully saturated rings. The second kappa shape index (κ2) is 5.22. The molecule has 0 aliphatic rings. The molecule has 1 heterocycles. The summed E-state index contributed by atoms with van der Waals surface area (Å²) < 4.78 is 26.4. The quantitative estimate of drug-likeness (QED) is 0.931. The summed E-state index contributed by atoms with van der Waals surface area (Å²) in [6.07, 6.45) is 2.80. The highest BCUT2D eigenvalue weighted by Crippen LogP contribution is 2.23. The summed E-state index contributed by atoms with van der Waals surface area (Å²) in [6.45, 7) is 0. The molecule has 0 atom stereocenters. The van der Waals surface area contributed by atoms with Gasteiger partial charge in [-0.2, -0.15) is 5.26 Å². The van der Waals surface area contributed by atoms with Crippen molar-refractivity contribution in [3.63, 3.8) is 0 Å². The molecule has 0 aliphatic carbocycles. The van der Waals surface area contributed by atoms with Crippen molar-refractivity contribution in [2.24, 2.45) is 0 Å². The summed E-state index contributed by atoms with van der Waals surface area (Å²) in [5.41, 5.74) is 0.193. The van der Waals surface area contributed by atoms with Gasteiger partial charge in [0.15, 0.2) is 0 Å². The second-order valence-electron chi connectivity index (χ2n) is 3.43. The number of nitrogens with one attached hydrogen (secondary N) is 1. The van der Waals surface area contributed by atoms with Crippen LogP contribution in [0.15, 0.2) is 41.6 Å². The fourth-order valence-corrected chi connectivity index (χ4v) is 2.79. The average molecular weight is 295 g/mol. The van der Waals surface area contributed by atoms with Crippen molar-refractivity contribution in [1.29, 1.82) is 5.26 Å². The summed E-state index contributed by atoms with van der Waals surface area (Å²) in [5, 5.41) is 8.79. The fraction of sp³-hybridized carbons (Fsp3) is 0. The highest BCUT2D eigenvalue weighted by molar-refractivity contribution is 7.92. The molecule has 96 valence electrons. The number of anilines is 1. The molecule has 0 spiro atoms. The van der Waals surface area contributed by atoms with Gasteiger partial charge in [0.25, 0.3) is 10.0 Å². The zero-order valence-corrected chi connectivity index (χ0v) is 11.0. The van der Waals surface area contributed by atoms with Crippen LogP contribution in [0.1, 0.15) is 5.56 Å². The molecule has 0 radical (unpaired) electrons. The van der Waals surface area contributed by atoms with Crippen LogP contribution in [0.2, 0.25) is 5.02 Å². The predicted molar refractivity (Wildman–Crippen MR) is 69.0 cm³/mol. The Balaban J connectivity index is 2.43. The van der Waals surface area contributed by atoms with Crippen molar-refractivity contribution in [2.45, 2.75) is 4.90 Å². The molecule has 8 heteroatoms. The van der Waals surface area contributed by atoms with Crippen LogP contribution in [-0.2, 0) is 10.0 Å². The van der Waals surface area contributed by atoms with Crippen LogP contribution in [-0.4, -0.2) is 18.4 Å². The molecular weight excluding hydrogens is 288 g/mol. The number of nitrogens with zero attached hydrogens (tertiary/aromatic N) is 3. The zero-order valence-electron chi connectivity index (χ0n) is 9.41. The molecule has 0 aliphatic heterocycles. The Morgan fingerprint density at radius 2 is 1.95 bits per heavy atom. The van der Waals surface area contributed by atoms with Crippen molar-refractivity contribution >= 4 is 27.6 Å². The summed E-state index contributed by atoms with van der Waals surface area (Å²) >= 11 is 5.83. The Kier molecular flexibility index (Phi) is 3.64. The van der Waals surface area contributed by atoms with E-state index in [0.29, 0.717) is 0 Å². The molecule has 2 rings (SSSR count). The smallest absolute Gasteiger partial charge is 0.247 e. The van der Waals surface area contributed by atoms with Gasteiger partial charge in [-0.3, -0.25) is 0 Å². The Hall–Kier alpha value is -2.17. The molecule has 19 heavy (non-hydrogen) atoms. The van der Waals surface area contributed by atoms with Crippen LogP contribution in [0.5, 0.6) is 0 Å². The van der Waals surface area contributed by atoms with E-state index in [1.165, 1.54) is 30.6 Å². The Labute approximate surface area is 114 Å². The van der Waals surface area contributed by atoms with Crippen molar-refractivity contribution in [2.75, 3.05) is 4.72 Å². The van der Waals surface area contributed by atoms with E-state index in [1.54, 1.807) is 6.07 Å². The van der Waals surface area contributed by atoms with E-state index in [1.807, 2.05) is 6.07 Å². The molecular formula is C11H7ClN4O2S. The molecule has 6 nitrogen and oxygen atoms in total. The maximum Gasteiger partial charge on any atom is 0.265 e. The summed E-state index contributed by atoms with van der Waals surface area (Å²) in [4.78, 5) is 7.31. The first kappa shape index (κ1) is 13.3. The van der Waals surface area contributed by atoms with Gasteiger partial charge in [-0.25, -0.2) is 23.1 Å². The van der Waals surface area contributed by atoms with Crippen LogP contribution in [0.3, 0.4) is 0 Å². The molecule has 1 aromatic carbocycles. The van der Waals surface area contributed by atoms with Crippen molar-refractivity contribution in [3.8, 4) is 6.07 Å². The van der Waals surface area contributed by atoms with Crippen molar-refractivity contribution in [1.82, 2.24) is 9.97 Å². The highest BCUT2D eigenvalue weighted by atomic mass is 35.5. The van der Waals surface area contributed by atoms with Gasteiger partial charge in [0, 0.05) is 12.4 Å². The van der Waals surface area contributed by atoms with Gasteiger partial charge in [-0.1, -0.05) is 11.6 Å². The maximum atomic E-state index is 12.1. The molecule has 0 saturated carbocycles. The van der Waals surface area contributed by atoms with E-state index in [2.05, 4.69) is 14.7 Å². The first-order valence-electron chi connectivity index (χ1n) is 5.02. The Morgan fingerprint density at radius 3 is 2.58 bits per heavy atom. The van der Waals surface area contributed by atoms with Gasteiger partial charge in [0.1, 0.15) is 4.90 Å². The van der Waals surface area contributed by atoms with E-state index >= 15 is 0 Å². The van der Waals surface area contributed by atoms with Crippen LogP contribution < -0.4 is 4.72 Å². The number of benzene rings is 1. The minimum atomic E-state index is -3.93. The molecule has 0 saturated heterocycles. The predicted octanol–water partition coefficient (Wildman–Crippen LogP) is 1.80. The van der Waals surface area contributed by atoms with Gasteiger partial charge in [0.2, 0.25) is 5.95 Å². The van der Waals surface area contributed by atoms with Crippen LogP contribution in [0.25, 0.3) is 0 Å². The topological polar surface area (TPSA) is 95.7 Å². The monoisotopic (exact) mass is 294 g/mol. The molecule has 1 aromatic heterocycles. The van der Waals surface area contributed by atoms with Crippen LogP contribution in [0.4, 0.5) is 5.95 Å². The van der Waals surface area contributed by atoms with Crippen LogP contribution >= 0.6 is 11.6 Å². The van der Waals surface area contributed by atoms with E-state index in [4.69, 9.17) is 16.9 Å². The van der Waals surface area contributed by atoms with E-state index in [-0.39, 0.29) is 21.4 Å². The molecule has 0 amide bonds. The number of sulfonamides is 1. The number of aromatic nitrogens is 2. The summed E-state index contributed by atoms with van der Waals surface area (Å²) in [7, 11) is -3.93. The number of halogens is 1. The second-order valence-corrected chi connectivity index (χ2v) is 5.49. The summed E-state index contributed by atoms with van der Waals surface area (Å²) in [6, 6.07) is 7.37. The van der Waals surface area contributed by atoms with Crippen molar-refractivity contribution < 1.29 is 8.42 Å². The van der Waals surface area contributed by atoms with Gasteiger partial charge in [-0.05, 0) is 24.3 Å². The molecule has 0 unspecified atom stereocenters. The highest BCUT2D eigenvalue weighted by Gasteiger charge is 2.19. The van der Waals surface area contributed by atoms with E-state index < -0.39 is 10.0 Å². The summed E-state index contributed by atoms with van der Waals surface area (Å²) in [5.74, 6) is -0.0686. The zero-order chi connectivity index (χ0) is 13.9. The lowest BCUT2D eigenvalue weighted by atomic mass is 10.2. The normalized spacial score (nSPS) is 10.7. The lowest BCUT2D eigenvalue weighted by Gasteiger charge is -2.07. The number of rotatable bonds is 3. The van der Waals surface area contributed by atoms with Gasteiger partial charge >= 0.3 is 0 Å². The van der Waals surface area contributed by atoms with Gasteiger partial charge in [-0.15, -0.1) is 0 Å². The first-order valence-corrected chi connectivity index (χ1v) is 6.88. The lowest BCUT2D eigenvalue weighted by molar-refractivity contribution is 0.601. The minimum Gasteiger partial charge on any atom is -0.247 e. The maximum absolute atomic E-state index is 12.1. The van der Waals surface area contributed by atoms with Gasteiger partial charge in [0.05, 0.1) is 16.7 Å². The standard InChI is InChI=1S/C11H7ClN4O2S/c12-9-3-2-8(7-13)6-10(9)19(17,18)16-11-14-4-1-5-15-11/h1-6H,(H,14,15,16). The average Bonchev–Trinajstić information content (AvgIpc) is 2.39. The molecule has 0 bridgehead atoms. The number of hydrogen-bond donors (Lipinski definition) is 1. The molecule has 2 aromatic rings. The third-order valence-corrected chi connectivity index (χ3v) is 3.95.